The summed E-state index contributed by atoms with van der Waals surface area (Å²) in [7, 11) is 0. The van der Waals surface area contributed by atoms with Crippen LogP contribution < -0.4 is 11.3 Å². The highest BCUT2D eigenvalue weighted by Gasteiger charge is 2.45. The van der Waals surface area contributed by atoms with Gasteiger partial charge >= 0.3 is 11.6 Å². The second-order valence-electron chi connectivity index (χ2n) is 8.90. The average molecular weight is 450 g/mol. The Bertz CT molecular complexity index is 1440. The standard InChI is InChI=1S/C24H24FN5O3/c1-15-3-2-10-30(15,24(26)32)14-17-13-28(12-16-4-6-18(25)7-5-16)20-11-27-22-19(21(17)20)8-9-29(33)23(22)31/h4-9,11,13,15,33H,2-3,10,12,14H2,1H3,(H-,26,32)/p+1/t15-,30?/m1/s1. The van der Waals surface area contributed by atoms with Gasteiger partial charge in [-0.05, 0) is 30.7 Å². The minimum absolute atomic E-state index is 0.0840. The quantitative estimate of drug-likeness (QED) is 0.368. The Labute approximate surface area is 188 Å². The number of benzene rings is 1. The van der Waals surface area contributed by atoms with Gasteiger partial charge in [-0.15, -0.1) is 0 Å². The minimum atomic E-state index is -0.611. The van der Waals surface area contributed by atoms with Crippen LogP contribution in [0.2, 0.25) is 0 Å². The van der Waals surface area contributed by atoms with E-state index in [4.69, 9.17) is 5.73 Å². The van der Waals surface area contributed by atoms with Gasteiger partial charge in [0.1, 0.15) is 17.9 Å². The number of quaternary nitrogens is 1. The van der Waals surface area contributed by atoms with Crippen LogP contribution in [0.1, 0.15) is 30.9 Å². The van der Waals surface area contributed by atoms with Crippen molar-refractivity contribution in [1.29, 1.82) is 0 Å². The summed E-state index contributed by atoms with van der Waals surface area (Å²) in [6, 6.07) is 7.65. The van der Waals surface area contributed by atoms with E-state index in [0.29, 0.717) is 29.8 Å². The molecule has 1 aliphatic rings. The van der Waals surface area contributed by atoms with Crippen LogP contribution in [0.15, 0.2) is 53.7 Å². The normalized spacial score (nSPS) is 20.6. The third-order valence-electron chi connectivity index (χ3n) is 7.01. The number of hydrogen-bond donors (Lipinski definition) is 2. The van der Waals surface area contributed by atoms with Gasteiger partial charge < -0.3 is 15.5 Å². The van der Waals surface area contributed by atoms with Crippen molar-refractivity contribution >= 4 is 27.8 Å². The molecule has 3 N–H and O–H groups in total. The molecule has 0 radical (unpaired) electrons. The number of urea groups is 1. The van der Waals surface area contributed by atoms with Crippen LogP contribution >= 0.6 is 0 Å². The molecule has 4 heterocycles. The summed E-state index contributed by atoms with van der Waals surface area (Å²) in [5.41, 5.74) is 8.01. The lowest BCUT2D eigenvalue weighted by Crippen LogP contribution is -2.56. The van der Waals surface area contributed by atoms with Gasteiger partial charge in [0.15, 0.2) is 0 Å². The van der Waals surface area contributed by atoms with Gasteiger partial charge in [0.25, 0.3) is 0 Å². The Morgan fingerprint density at radius 3 is 2.73 bits per heavy atom. The van der Waals surface area contributed by atoms with Crippen molar-refractivity contribution in [3.05, 3.63) is 76.2 Å². The molecule has 1 fully saturated rings. The average Bonchev–Trinajstić information content (AvgIpc) is 3.33. The number of halogens is 1. The fourth-order valence-electron chi connectivity index (χ4n) is 5.17. The highest BCUT2D eigenvalue weighted by molar-refractivity contribution is 6.06. The van der Waals surface area contributed by atoms with Crippen molar-refractivity contribution in [2.24, 2.45) is 5.73 Å². The summed E-state index contributed by atoms with van der Waals surface area (Å²) in [6.07, 6.45) is 6.69. The molecule has 4 aromatic rings. The number of rotatable bonds is 4. The van der Waals surface area contributed by atoms with Crippen molar-refractivity contribution in [3.63, 3.8) is 0 Å². The predicted molar refractivity (Wildman–Crippen MR) is 121 cm³/mol. The van der Waals surface area contributed by atoms with E-state index in [-0.39, 0.29) is 27.9 Å². The second-order valence-corrected chi connectivity index (χ2v) is 8.90. The van der Waals surface area contributed by atoms with E-state index in [1.165, 1.54) is 18.3 Å². The van der Waals surface area contributed by atoms with E-state index in [1.54, 1.807) is 24.4 Å². The zero-order valence-electron chi connectivity index (χ0n) is 18.2. The molecule has 2 amide bonds. The third kappa shape index (κ3) is 3.36. The lowest BCUT2D eigenvalue weighted by Gasteiger charge is -2.33. The Kier molecular flexibility index (Phi) is 4.93. The number of carbonyl (C=O) groups excluding carboxylic acids is 1. The lowest BCUT2D eigenvalue weighted by molar-refractivity contribution is -0.872. The van der Waals surface area contributed by atoms with Crippen molar-refractivity contribution < 1.29 is 18.9 Å². The van der Waals surface area contributed by atoms with Crippen molar-refractivity contribution in [3.8, 4) is 0 Å². The fraction of sp³-hybridized carbons (Fsp3) is 0.292. The first-order chi connectivity index (χ1) is 15.8. The molecule has 0 saturated carbocycles. The first-order valence-corrected chi connectivity index (χ1v) is 10.9. The maximum absolute atomic E-state index is 13.4. The first-order valence-electron chi connectivity index (χ1n) is 10.9. The minimum Gasteiger partial charge on any atom is -0.425 e. The number of pyridine rings is 2. The van der Waals surface area contributed by atoms with Crippen LogP contribution in [0.25, 0.3) is 21.8 Å². The number of primary amides is 1. The molecule has 33 heavy (non-hydrogen) atoms. The zero-order valence-corrected chi connectivity index (χ0v) is 18.2. The molecule has 1 saturated heterocycles. The highest BCUT2D eigenvalue weighted by Crippen LogP contribution is 2.35. The molecule has 5 rings (SSSR count). The Balaban J connectivity index is 1.73. The van der Waals surface area contributed by atoms with Gasteiger partial charge in [0.05, 0.1) is 24.3 Å². The van der Waals surface area contributed by atoms with Crippen LogP contribution in [0.4, 0.5) is 9.18 Å². The molecular weight excluding hydrogens is 425 g/mol. The largest absolute Gasteiger partial charge is 0.425 e. The number of carbonyl (C=O) groups is 1. The van der Waals surface area contributed by atoms with E-state index in [0.717, 1.165) is 34.9 Å². The van der Waals surface area contributed by atoms with E-state index in [9.17, 15) is 19.2 Å². The lowest BCUT2D eigenvalue weighted by atomic mass is 10.1. The summed E-state index contributed by atoms with van der Waals surface area (Å²) in [5, 5.41) is 11.2. The summed E-state index contributed by atoms with van der Waals surface area (Å²) in [4.78, 5) is 29.5. The van der Waals surface area contributed by atoms with E-state index in [2.05, 4.69) is 4.98 Å². The SMILES string of the molecule is C[C@@H]1CCC[N+]1(Cc1cn(Cc2ccc(F)cc2)c2cnc3c(=O)n(O)ccc3c12)C(N)=O. The van der Waals surface area contributed by atoms with Gasteiger partial charge in [-0.3, -0.25) is 4.79 Å². The molecule has 2 atom stereocenters. The molecule has 1 aromatic carbocycles. The maximum atomic E-state index is 13.4. The van der Waals surface area contributed by atoms with Gasteiger partial charge in [0.2, 0.25) is 0 Å². The van der Waals surface area contributed by atoms with E-state index < -0.39 is 5.56 Å². The van der Waals surface area contributed by atoms with Gasteiger partial charge in [-0.1, -0.05) is 12.1 Å². The van der Waals surface area contributed by atoms with Crippen molar-refractivity contribution in [2.75, 3.05) is 6.54 Å². The Hall–Kier alpha value is -3.72. The molecule has 0 aliphatic carbocycles. The second kappa shape index (κ2) is 7.70. The number of amides is 2. The maximum Gasteiger partial charge on any atom is 0.414 e. The number of hydrogen-bond acceptors (Lipinski definition) is 4. The fourth-order valence-corrected chi connectivity index (χ4v) is 5.17. The zero-order chi connectivity index (χ0) is 23.3. The van der Waals surface area contributed by atoms with E-state index >= 15 is 0 Å². The summed E-state index contributed by atoms with van der Waals surface area (Å²) in [5.74, 6) is -0.305. The molecule has 170 valence electrons. The molecular formula is C24H25FN5O3+. The third-order valence-corrected chi connectivity index (χ3v) is 7.01. The van der Waals surface area contributed by atoms with Gasteiger partial charge in [-0.25, -0.2) is 18.7 Å². The number of nitrogens with zero attached hydrogens (tertiary/aromatic N) is 4. The molecule has 0 spiro atoms. The topological polar surface area (TPSA) is 103 Å². The van der Waals surface area contributed by atoms with Crippen molar-refractivity contribution in [2.45, 2.75) is 38.9 Å². The Morgan fingerprint density at radius 2 is 2.06 bits per heavy atom. The molecule has 1 unspecified atom stereocenters. The molecule has 3 aromatic heterocycles. The van der Waals surface area contributed by atoms with Crippen LogP contribution in [0.5, 0.6) is 0 Å². The molecule has 0 bridgehead atoms. The number of nitrogens with two attached hydrogens (primary N) is 1. The van der Waals surface area contributed by atoms with E-state index in [1.807, 2.05) is 17.7 Å². The molecule has 8 nitrogen and oxygen atoms in total. The number of likely N-dealkylation sites (tertiary alicyclic amines) is 1. The Morgan fingerprint density at radius 1 is 1.30 bits per heavy atom. The van der Waals surface area contributed by atoms with Crippen molar-refractivity contribution in [1.82, 2.24) is 14.3 Å². The number of fused-ring (bicyclic) bond motifs is 3. The summed E-state index contributed by atoms with van der Waals surface area (Å²) < 4.78 is 16.0. The molecule has 1 aliphatic heterocycles. The number of aromatic nitrogens is 3. The summed E-state index contributed by atoms with van der Waals surface area (Å²) in [6.45, 7) is 3.56. The summed E-state index contributed by atoms with van der Waals surface area (Å²) >= 11 is 0. The first kappa shape index (κ1) is 21.1. The van der Waals surface area contributed by atoms with Crippen LogP contribution in [-0.4, -0.2) is 42.6 Å². The van der Waals surface area contributed by atoms with Gasteiger partial charge in [0, 0.05) is 48.1 Å². The van der Waals surface area contributed by atoms with Crippen LogP contribution in [0.3, 0.4) is 0 Å². The predicted octanol–water partition coefficient (Wildman–Crippen LogP) is 3.35. The van der Waals surface area contributed by atoms with Crippen LogP contribution in [-0.2, 0) is 13.1 Å². The van der Waals surface area contributed by atoms with Crippen LogP contribution in [0, 0.1) is 5.82 Å². The smallest absolute Gasteiger partial charge is 0.414 e. The monoisotopic (exact) mass is 450 g/mol. The van der Waals surface area contributed by atoms with Gasteiger partial charge in [-0.2, -0.15) is 4.73 Å². The highest BCUT2D eigenvalue weighted by atomic mass is 19.1. The molecule has 9 heteroatoms.